The van der Waals surface area contributed by atoms with Gasteiger partial charge in [-0.2, -0.15) is 0 Å². The second kappa shape index (κ2) is 27.2. The Morgan fingerprint density at radius 1 is 0.828 bits per heavy atom. The summed E-state index contributed by atoms with van der Waals surface area (Å²) >= 11 is 0. The van der Waals surface area contributed by atoms with Crippen LogP contribution < -0.4 is 0 Å². The van der Waals surface area contributed by atoms with E-state index in [9.17, 15) is 30.1 Å². The second-order valence-corrected chi connectivity index (χ2v) is 16.6. The summed E-state index contributed by atoms with van der Waals surface area (Å²) in [5.41, 5.74) is 8.27. The first-order valence-electron chi connectivity index (χ1n) is 20.8. The molecule has 0 radical (unpaired) electrons. The average Bonchev–Trinajstić information content (AvgIpc) is 3.15. The average molecular weight is 820 g/mol. The van der Waals surface area contributed by atoms with Gasteiger partial charge in [-0.3, -0.25) is 0 Å². The number of unbranched alkanes of at least 4 members (excludes halogenated alkanes) is 11. The Kier molecular flexibility index (Phi) is 23.8. The summed E-state index contributed by atoms with van der Waals surface area (Å²) in [6, 6.07) is 7.27. The van der Waals surface area contributed by atoms with Gasteiger partial charge in [-0.05, 0) is 78.1 Å². The highest BCUT2D eigenvalue weighted by Gasteiger charge is 2.47. The smallest absolute Gasteiger partial charge is 0.338 e. The number of allylic oxidation sites excluding steroid dienone is 1. The molecule has 1 heterocycles. The Balaban J connectivity index is 2.14. The number of carbonyl (C=O) groups is 3. The number of azide groups is 1. The highest BCUT2D eigenvalue weighted by molar-refractivity contribution is 5.89. The van der Waals surface area contributed by atoms with Gasteiger partial charge in [0.25, 0.3) is 0 Å². The minimum Gasteiger partial charge on any atom is -0.458 e. The molecular weight excluding hydrogens is 750 g/mol. The van der Waals surface area contributed by atoms with Crippen molar-refractivity contribution in [2.75, 3.05) is 26.4 Å². The van der Waals surface area contributed by atoms with Crippen LogP contribution in [0.2, 0.25) is 0 Å². The van der Waals surface area contributed by atoms with Crippen LogP contribution in [-0.4, -0.2) is 109 Å². The minimum atomic E-state index is -1.71. The van der Waals surface area contributed by atoms with Crippen LogP contribution in [0.1, 0.15) is 136 Å². The highest BCUT2D eigenvalue weighted by atomic mass is 16.7. The lowest BCUT2D eigenvalue weighted by molar-refractivity contribution is -0.309. The van der Waals surface area contributed by atoms with Crippen LogP contribution in [0.5, 0.6) is 0 Å². The molecule has 328 valence electrons. The highest BCUT2D eigenvalue weighted by Crippen LogP contribution is 2.26. The lowest BCUT2D eigenvalue weighted by atomic mass is 9.99. The summed E-state index contributed by atoms with van der Waals surface area (Å²) < 4.78 is 39.6. The SMILES string of the molecule is CCCCCCCCCCCCC/C=C/[C@@H](OC(=O)c1ccccc1)[C@H](CO[C@@H]1O[C@H](COCC(=O)OC(C)(C)C)[C@H](OCC(=O)OC(C)(C)C)[C@H](O)[C@H]1O)N=[N+]=[N-]. The molecule has 0 saturated carbocycles. The zero-order chi connectivity index (χ0) is 43.0. The van der Waals surface area contributed by atoms with E-state index in [2.05, 4.69) is 16.9 Å². The molecule has 2 rings (SSSR count). The molecule has 1 fully saturated rings. The second-order valence-electron chi connectivity index (χ2n) is 16.6. The summed E-state index contributed by atoms with van der Waals surface area (Å²) in [6.07, 6.45) is 9.18. The van der Waals surface area contributed by atoms with Crippen LogP contribution in [0.3, 0.4) is 0 Å². The minimum absolute atomic E-state index is 0.299. The van der Waals surface area contributed by atoms with Crippen molar-refractivity contribution in [3.8, 4) is 0 Å². The van der Waals surface area contributed by atoms with Crippen molar-refractivity contribution >= 4 is 17.9 Å². The van der Waals surface area contributed by atoms with Gasteiger partial charge in [0, 0.05) is 4.91 Å². The third-order valence-corrected chi connectivity index (χ3v) is 8.94. The zero-order valence-corrected chi connectivity index (χ0v) is 35.7. The van der Waals surface area contributed by atoms with Crippen molar-refractivity contribution in [3.05, 3.63) is 58.5 Å². The lowest BCUT2D eigenvalue weighted by Crippen LogP contribution is -2.61. The van der Waals surface area contributed by atoms with Crippen molar-refractivity contribution in [1.29, 1.82) is 0 Å². The third kappa shape index (κ3) is 21.4. The molecule has 0 aliphatic carbocycles. The van der Waals surface area contributed by atoms with E-state index in [-0.39, 0.29) is 6.61 Å². The first-order chi connectivity index (χ1) is 27.5. The molecule has 0 amide bonds. The van der Waals surface area contributed by atoms with Crippen molar-refractivity contribution < 1.29 is 57.8 Å². The summed E-state index contributed by atoms with van der Waals surface area (Å²) in [4.78, 5) is 40.9. The van der Waals surface area contributed by atoms with E-state index in [0.29, 0.717) is 12.0 Å². The van der Waals surface area contributed by atoms with E-state index in [1.807, 2.05) is 6.08 Å². The number of nitrogens with zero attached hydrogens (tertiary/aromatic N) is 3. The van der Waals surface area contributed by atoms with Crippen LogP contribution in [-0.2, 0) is 42.7 Å². The van der Waals surface area contributed by atoms with Crippen LogP contribution in [0.4, 0.5) is 0 Å². The number of aliphatic hydroxyl groups is 2. The fourth-order valence-electron chi connectivity index (χ4n) is 6.17. The Bertz CT molecular complexity index is 1410. The molecule has 1 aromatic carbocycles. The molecule has 0 aromatic heterocycles. The monoisotopic (exact) mass is 819 g/mol. The van der Waals surface area contributed by atoms with Crippen molar-refractivity contribution in [2.45, 2.75) is 180 Å². The van der Waals surface area contributed by atoms with Crippen molar-refractivity contribution in [2.24, 2.45) is 5.11 Å². The molecule has 2 N–H and O–H groups in total. The summed E-state index contributed by atoms with van der Waals surface area (Å²) in [5, 5.41) is 26.2. The van der Waals surface area contributed by atoms with Crippen molar-refractivity contribution in [3.63, 3.8) is 0 Å². The maximum atomic E-state index is 13.2. The van der Waals surface area contributed by atoms with E-state index in [0.717, 1.165) is 19.3 Å². The standard InChI is InChI=1S/C43H69N3O12/c1-8-9-10-11-12-13-14-15-16-17-18-19-23-26-33(55-40(51)31-24-21-20-22-25-31)32(45-46-44)27-54-41-38(50)37(49)39(53-30-36(48)58-43(5,6)7)34(56-41)28-52-29-35(47)57-42(2,3)4/h20-26,32-34,37-39,41,49-50H,8-19,27-30H2,1-7H3/b26-23+/t32-,33+,34+,37+,38+,39-,41+/m0/s1. The van der Waals surface area contributed by atoms with Crippen LogP contribution in [0.25, 0.3) is 10.4 Å². The van der Waals surface area contributed by atoms with Gasteiger partial charge >= 0.3 is 17.9 Å². The first-order valence-corrected chi connectivity index (χ1v) is 20.8. The molecule has 1 saturated heterocycles. The van der Waals surface area contributed by atoms with Gasteiger partial charge in [-0.25, -0.2) is 14.4 Å². The summed E-state index contributed by atoms with van der Waals surface area (Å²) in [7, 11) is 0. The van der Waals surface area contributed by atoms with Gasteiger partial charge in [0.15, 0.2) is 6.29 Å². The molecule has 0 bridgehead atoms. The quantitative estimate of drug-likeness (QED) is 0.0167. The number of aliphatic hydroxyl groups excluding tert-OH is 2. The molecule has 1 aliphatic heterocycles. The fourth-order valence-corrected chi connectivity index (χ4v) is 6.17. The first kappa shape index (κ1) is 50.6. The van der Waals surface area contributed by atoms with E-state index in [1.165, 1.54) is 51.4 Å². The molecule has 15 heteroatoms. The normalized spacial score (nSPS) is 20.9. The number of benzene rings is 1. The number of carbonyl (C=O) groups excluding carboxylic acids is 3. The van der Waals surface area contributed by atoms with E-state index >= 15 is 0 Å². The van der Waals surface area contributed by atoms with Crippen LogP contribution in [0.15, 0.2) is 47.6 Å². The van der Waals surface area contributed by atoms with Gasteiger partial charge < -0.3 is 43.4 Å². The Labute approximate surface area is 344 Å². The van der Waals surface area contributed by atoms with Gasteiger partial charge in [0.1, 0.15) is 61.0 Å². The van der Waals surface area contributed by atoms with Gasteiger partial charge in [-0.15, -0.1) is 0 Å². The molecule has 58 heavy (non-hydrogen) atoms. The van der Waals surface area contributed by atoms with Crippen LogP contribution >= 0.6 is 0 Å². The van der Waals surface area contributed by atoms with E-state index < -0.39 is 91.8 Å². The predicted molar refractivity (Wildman–Crippen MR) is 218 cm³/mol. The summed E-state index contributed by atoms with van der Waals surface area (Å²) in [6.45, 7) is 10.6. The lowest BCUT2D eigenvalue weighted by Gasteiger charge is -2.42. The van der Waals surface area contributed by atoms with Gasteiger partial charge in [0.2, 0.25) is 0 Å². The number of hydrogen-bond acceptors (Lipinski definition) is 13. The molecule has 1 aromatic rings. The maximum absolute atomic E-state index is 13.2. The molecular formula is C43H69N3O12. The number of rotatable bonds is 27. The number of esters is 3. The largest absolute Gasteiger partial charge is 0.458 e. The Morgan fingerprint density at radius 2 is 1.40 bits per heavy atom. The van der Waals surface area contributed by atoms with E-state index in [1.54, 1.807) is 78.0 Å². The third-order valence-electron chi connectivity index (χ3n) is 8.94. The zero-order valence-electron chi connectivity index (χ0n) is 35.7. The molecule has 7 atom stereocenters. The predicted octanol–water partition coefficient (Wildman–Crippen LogP) is 7.70. The van der Waals surface area contributed by atoms with E-state index in [4.69, 9.17) is 33.2 Å². The number of ether oxygens (including phenoxy) is 7. The maximum Gasteiger partial charge on any atom is 0.338 e. The summed E-state index contributed by atoms with van der Waals surface area (Å²) in [5.74, 6) is -2.00. The topological polar surface area (TPSA) is 205 Å². The molecule has 0 unspecified atom stereocenters. The van der Waals surface area contributed by atoms with Crippen molar-refractivity contribution in [1.82, 2.24) is 0 Å². The molecule has 15 nitrogen and oxygen atoms in total. The van der Waals surface area contributed by atoms with Gasteiger partial charge in [-0.1, -0.05) is 101 Å². The molecule has 0 spiro atoms. The Morgan fingerprint density at radius 3 is 1.97 bits per heavy atom. The van der Waals surface area contributed by atoms with Gasteiger partial charge in [0.05, 0.1) is 18.8 Å². The van der Waals surface area contributed by atoms with Crippen LogP contribution in [0, 0.1) is 0 Å². The molecule has 1 aliphatic rings. The Hall–Kier alpha value is -3.56. The number of hydrogen-bond donors (Lipinski definition) is 2. The fraction of sp³-hybridized carbons (Fsp3) is 0.744.